The number of para-hydroxylation sites is 1. The van der Waals surface area contributed by atoms with Gasteiger partial charge in [-0.25, -0.2) is 0 Å². The monoisotopic (exact) mass is 269 g/mol. The van der Waals surface area contributed by atoms with E-state index in [4.69, 9.17) is 17.0 Å². The number of thiocarbonyl (C=S) groups is 1. The third kappa shape index (κ3) is 2.93. The van der Waals surface area contributed by atoms with Gasteiger partial charge in [0, 0.05) is 5.69 Å². The molecular weight excluding hydrogens is 254 g/mol. The SMILES string of the molecule is S=C(Nc1ccc2c(c1)CCC2)Oc1ccccc1. The Hall–Kier alpha value is -1.87. The summed E-state index contributed by atoms with van der Waals surface area (Å²) in [6.07, 6.45) is 3.61. The van der Waals surface area contributed by atoms with E-state index in [-0.39, 0.29) is 0 Å². The summed E-state index contributed by atoms with van der Waals surface area (Å²) in [4.78, 5) is 0. The highest BCUT2D eigenvalue weighted by Crippen LogP contribution is 2.25. The van der Waals surface area contributed by atoms with Crippen molar-refractivity contribution in [3.8, 4) is 5.75 Å². The molecule has 2 aromatic rings. The molecule has 0 saturated heterocycles. The Balaban J connectivity index is 1.66. The molecule has 0 aromatic heterocycles. The summed E-state index contributed by atoms with van der Waals surface area (Å²) in [6.45, 7) is 0. The lowest BCUT2D eigenvalue weighted by molar-refractivity contribution is 0.563. The summed E-state index contributed by atoms with van der Waals surface area (Å²) in [5.41, 5.74) is 3.88. The molecule has 1 aliphatic rings. The molecule has 0 heterocycles. The molecule has 0 bridgehead atoms. The summed E-state index contributed by atoms with van der Waals surface area (Å²) in [6, 6.07) is 16.0. The Bertz CT molecular complexity index is 595. The van der Waals surface area contributed by atoms with Gasteiger partial charge in [-0.05, 0) is 66.9 Å². The minimum Gasteiger partial charge on any atom is -0.432 e. The highest BCUT2D eigenvalue weighted by molar-refractivity contribution is 7.80. The normalized spacial score (nSPS) is 12.8. The minimum absolute atomic E-state index is 0.379. The van der Waals surface area contributed by atoms with Crippen LogP contribution >= 0.6 is 12.2 Å². The second kappa shape index (κ2) is 5.41. The minimum atomic E-state index is 0.379. The number of hydrogen-bond donors (Lipinski definition) is 1. The number of nitrogens with one attached hydrogen (secondary N) is 1. The zero-order valence-corrected chi connectivity index (χ0v) is 11.4. The van der Waals surface area contributed by atoms with Crippen LogP contribution in [-0.2, 0) is 12.8 Å². The molecule has 3 rings (SSSR count). The van der Waals surface area contributed by atoms with Crippen LogP contribution in [0.3, 0.4) is 0 Å². The molecule has 1 N–H and O–H groups in total. The third-order valence-electron chi connectivity index (χ3n) is 3.30. The van der Waals surface area contributed by atoms with Crippen molar-refractivity contribution in [3.05, 3.63) is 59.7 Å². The van der Waals surface area contributed by atoms with Gasteiger partial charge in [0.1, 0.15) is 5.75 Å². The third-order valence-corrected chi connectivity index (χ3v) is 3.48. The Morgan fingerprint density at radius 1 is 1.00 bits per heavy atom. The van der Waals surface area contributed by atoms with Gasteiger partial charge in [-0.15, -0.1) is 0 Å². The average Bonchev–Trinajstić information content (AvgIpc) is 2.87. The predicted molar refractivity (Wildman–Crippen MR) is 81.8 cm³/mol. The number of rotatable bonds is 2. The van der Waals surface area contributed by atoms with Crippen LogP contribution in [0.1, 0.15) is 17.5 Å². The molecule has 3 heteroatoms. The van der Waals surface area contributed by atoms with Crippen molar-refractivity contribution in [3.63, 3.8) is 0 Å². The maximum absolute atomic E-state index is 5.56. The molecule has 0 atom stereocenters. The van der Waals surface area contributed by atoms with Gasteiger partial charge in [0.05, 0.1) is 0 Å². The van der Waals surface area contributed by atoms with E-state index in [9.17, 15) is 0 Å². The molecule has 2 nitrogen and oxygen atoms in total. The molecule has 0 fully saturated rings. The smallest absolute Gasteiger partial charge is 0.266 e. The number of anilines is 1. The van der Waals surface area contributed by atoms with Crippen LogP contribution in [0.2, 0.25) is 0 Å². The summed E-state index contributed by atoms with van der Waals surface area (Å²) in [7, 11) is 0. The van der Waals surface area contributed by atoms with Gasteiger partial charge in [0.15, 0.2) is 0 Å². The van der Waals surface area contributed by atoms with Gasteiger partial charge in [-0.3, -0.25) is 0 Å². The molecular formula is C16H15NOS. The van der Waals surface area contributed by atoms with E-state index in [0.717, 1.165) is 17.9 Å². The van der Waals surface area contributed by atoms with Crippen molar-refractivity contribution in [2.75, 3.05) is 5.32 Å². The van der Waals surface area contributed by atoms with Crippen LogP contribution in [0.15, 0.2) is 48.5 Å². The van der Waals surface area contributed by atoms with E-state index in [1.54, 1.807) is 0 Å². The number of benzene rings is 2. The fourth-order valence-corrected chi connectivity index (χ4v) is 2.60. The quantitative estimate of drug-likeness (QED) is 0.834. The number of ether oxygens (including phenoxy) is 1. The van der Waals surface area contributed by atoms with Gasteiger partial charge >= 0.3 is 0 Å². The van der Waals surface area contributed by atoms with Gasteiger partial charge < -0.3 is 10.1 Å². The Kier molecular flexibility index (Phi) is 3.47. The molecule has 19 heavy (non-hydrogen) atoms. The number of aryl methyl sites for hydroxylation is 2. The molecule has 1 aliphatic carbocycles. The van der Waals surface area contributed by atoms with Crippen molar-refractivity contribution >= 4 is 23.1 Å². The number of fused-ring (bicyclic) bond motifs is 1. The molecule has 0 aliphatic heterocycles. The number of hydrogen-bond acceptors (Lipinski definition) is 2. The van der Waals surface area contributed by atoms with Gasteiger partial charge in [-0.1, -0.05) is 24.3 Å². The summed E-state index contributed by atoms with van der Waals surface area (Å²) in [5, 5.41) is 3.51. The van der Waals surface area contributed by atoms with Gasteiger partial charge in [0.2, 0.25) is 0 Å². The summed E-state index contributed by atoms with van der Waals surface area (Å²) in [5.74, 6) is 0.751. The van der Waals surface area contributed by atoms with E-state index in [2.05, 4.69) is 23.5 Å². The van der Waals surface area contributed by atoms with Gasteiger partial charge in [-0.2, -0.15) is 0 Å². The van der Waals surface area contributed by atoms with Crippen LogP contribution in [0, 0.1) is 0 Å². The van der Waals surface area contributed by atoms with Crippen LogP contribution in [0.4, 0.5) is 5.69 Å². The Morgan fingerprint density at radius 2 is 1.79 bits per heavy atom. The maximum Gasteiger partial charge on any atom is 0.266 e. The highest BCUT2D eigenvalue weighted by atomic mass is 32.1. The van der Waals surface area contributed by atoms with Crippen molar-refractivity contribution in [1.82, 2.24) is 0 Å². The highest BCUT2D eigenvalue weighted by Gasteiger charge is 2.11. The largest absolute Gasteiger partial charge is 0.432 e. The molecule has 0 spiro atoms. The molecule has 0 radical (unpaired) electrons. The first kappa shape index (κ1) is 12.2. The van der Waals surface area contributed by atoms with Crippen molar-refractivity contribution in [2.24, 2.45) is 0 Å². The van der Waals surface area contributed by atoms with Crippen molar-refractivity contribution < 1.29 is 4.74 Å². The molecule has 96 valence electrons. The topological polar surface area (TPSA) is 21.3 Å². The molecule has 2 aromatic carbocycles. The second-order valence-corrected chi connectivity index (χ2v) is 5.04. The van der Waals surface area contributed by atoms with E-state index >= 15 is 0 Å². The van der Waals surface area contributed by atoms with E-state index in [1.165, 1.54) is 24.0 Å². The summed E-state index contributed by atoms with van der Waals surface area (Å²) >= 11 is 5.21. The lowest BCUT2D eigenvalue weighted by Gasteiger charge is -2.10. The first-order chi connectivity index (χ1) is 9.31. The second-order valence-electron chi connectivity index (χ2n) is 4.66. The molecule has 0 amide bonds. The first-order valence-corrected chi connectivity index (χ1v) is 6.88. The molecule has 0 unspecified atom stereocenters. The van der Waals surface area contributed by atoms with Crippen LogP contribution < -0.4 is 10.1 Å². The lowest BCUT2D eigenvalue weighted by atomic mass is 10.1. The fourth-order valence-electron chi connectivity index (χ4n) is 2.39. The lowest BCUT2D eigenvalue weighted by Crippen LogP contribution is -2.16. The van der Waals surface area contributed by atoms with Crippen molar-refractivity contribution in [2.45, 2.75) is 19.3 Å². The van der Waals surface area contributed by atoms with Crippen LogP contribution in [0.25, 0.3) is 0 Å². The van der Waals surface area contributed by atoms with E-state index in [0.29, 0.717) is 5.17 Å². The van der Waals surface area contributed by atoms with E-state index in [1.807, 2.05) is 30.3 Å². The van der Waals surface area contributed by atoms with E-state index < -0.39 is 0 Å². The zero-order valence-electron chi connectivity index (χ0n) is 10.6. The first-order valence-electron chi connectivity index (χ1n) is 6.47. The van der Waals surface area contributed by atoms with Crippen LogP contribution in [0.5, 0.6) is 5.75 Å². The molecule has 0 saturated carbocycles. The summed E-state index contributed by atoms with van der Waals surface area (Å²) < 4.78 is 5.56. The average molecular weight is 269 g/mol. The maximum atomic E-state index is 5.56. The fraction of sp³-hybridized carbons (Fsp3) is 0.188. The predicted octanol–water partition coefficient (Wildman–Crippen LogP) is 3.95. The standard InChI is InChI=1S/C16H15NOS/c19-16(18-15-7-2-1-3-8-15)17-14-10-9-12-5-4-6-13(12)11-14/h1-3,7-11H,4-6H2,(H,17,19). The Morgan fingerprint density at radius 3 is 2.63 bits per heavy atom. The zero-order chi connectivity index (χ0) is 13.1. The van der Waals surface area contributed by atoms with Crippen molar-refractivity contribution in [1.29, 1.82) is 0 Å². The van der Waals surface area contributed by atoms with Crippen LogP contribution in [-0.4, -0.2) is 5.17 Å². The van der Waals surface area contributed by atoms with Gasteiger partial charge in [0.25, 0.3) is 5.17 Å². The Labute approximate surface area is 118 Å².